The van der Waals surface area contributed by atoms with E-state index < -0.39 is 0 Å². The predicted molar refractivity (Wildman–Crippen MR) is 90.2 cm³/mol. The molecule has 0 bridgehead atoms. The molecule has 1 aliphatic heterocycles. The number of benzene rings is 1. The third kappa shape index (κ3) is 3.18. The molecule has 2 N–H and O–H groups in total. The predicted octanol–water partition coefficient (Wildman–Crippen LogP) is 3.14. The van der Waals surface area contributed by atoms with Crippen molar-refractivity contribution in [3.8, 4) is 0 Å². The minimum absolute atomic E-state index is 0. The van der Waals surface area contributed by atoms with E-state index in [0.717, 1.165) is 26.2 Å². The van der Waals surface area contributed by atoms with Gasteiger partial charge in [0.2, 0.25) is 0 Å². The van der Waals surface area contributed by atoms with Crippen LogP contribution >= 0.6 is 24.8 Å². The molecule has 0 radical (unpaired) electrons. The van der Waals surface area contributed by atoms with Crippen LogP contribution < -0.4 is 5.32 Å². The fraction of sp³-hybridized carbons (Fsp3) is 0.333. The number of nitrogens with zero attached hydrogens (tertiary/aromatic N) is 1. The first-order chi connectivity index (χ1) is 8.90. The van der Waals surface area contributed by atoms with Gasteiger partial charge in [0.15, 0.2) is 0 Å². The van der Waals surface area contributed by atoms with Gasteiger partial charge in [0.25, 0.3) is 0 Å². The quantitative estimate of drug-likeness (QED) is 0.853. The van der Waals surface area contributed by atoms with Crippen molar-refractivity contribution >= 4 is 35.7 Å². The van der Waals surface area contributed by atoms with Crippen LogP contribution in [0.25, 0.3) is 10.9 Å². The second-order valence-electron chi connectivity index (χ2n) is 4.75. The molecule has 0 unspecified atom stereocenters. The zero-order chi connectivity index (χ0) is 12.4. The van der Waals surface area contributed by atoms with Gasteiger partial charge in [-0.25, -0.2) is 0 Å². The SMILES string of the molecule is C=C[C@H](c1cccc2[nH]ccc12)N1CCNCC1.Cl.Cl. The standard InChI is InChI=1S/C15H19N3.2ClH/c1-2-15(18-10-8-16-9-11-18)13-4-3-5-14-12(13)6-7-17-14;;/h2-7,15-17H,1,8-11H2;2*1H/t15-;;/m1../s1. The molecule has 1 fully saturated rings. The molecule has 5 heteroatoms. The van der Waals surface area contributed by atoms with Crippen molar-refractivity contribution in [1.82, 2.24) is 15.2 Å². The Bertz CT molecular complexity index is 547. The zero-order valence-corrected chi connectivity index (χ0v) is 13.0. The average Bonchev–Trinajstić information content (AvgIpc) is 2.90. The number of fused-ring (bicyclic) bond motifs is 1. The summed E-state index contributed by atoms with van der Waals surface area (Å²) in [6, 6.07) is 8.92. The van der Waals surface area contributed by atoms with Crippen LogP contribution in [0.15, 0.2) is 43.1 Å². The summed E-state index contributed by atoms with van der Waals surface area (Å²) >= 11 is 0. The zero-order valence-electron chi connectivity index (χ0n) is 11.3. The lowest BCUT2D eigenvalue weighted by molar-refractivity contribution is 0.204. The lowest BCUT2D eigenvalue weighted by atomic mass is 10.0. The Morgan fingerprint density at radius 1 is 1.15 bits per heavy atom. The Labute approximate surface area is 132 Å². The summed E-state index contributed by atoms with van der Waals surface area (Å²) in [4.78, 5) is 5.77. The fourth-order valence-corrected chi connectivity index (χ4v) is 2.80. The van der Waals surface area contributed by atoms with Gasteiger partial charge in [-0.2, -0.15) is 0 Å². The van der Waals surface area contributed by atoms with Crippen molar-refractivity contribution < 1.29 is 0 Å². The van der Waals surface area contributed by atoms with E-state index in [4.69, 9.17) is 0 Å². The number of nitrogens with one attached hydrogen (secondary N) is 2. The summed E-state index contributed by atoms with van der Waals surface area (Å²) in [5.74, 6) is 0. The highest BCUT2D eigenvalue weighted by Crippen LogP contribution is 2.28. The second-order valence-corrected chi connectivity index (χ2v) is 4.75. The molecule has 3 nitrogen and oxygen atoms in total. The monoisotopic (exact) mass is 313 g/mol. The Morgan fingerprint density at radius 2 is 1.90 bits per heavy atom. The topological polar surface area (TPSA) is 31.1 Å². The second kappa shape index (κ2) is 7.70. The summed E-state index contributed by atoms with van der Waals surface area (Å²) in [5.41, 5.74) is 2.56. The normalized spacial score (nSPS) is 17.0. The third-order valence-corrected chi connectivity index (χ3v) is 3.72. The largest absolute Gasteiger partial charge is 0.361 e. The summed E-state index contributed by atoms with van der Waals surface area (Å²) in [7, 11) is 0. The highest BCUT2D eigenvalue weighted by atomic mass is 35.5. The maximum Gasteiger partial charge on any atom is 0.0536 e. The first-order valence-corrected chi connectivity index (χ1v) is 6.53. The molecular formula is C15H21Cl2N3. The number of rotatable bonds is 3. The third-order valence-electron chi connectivity index (χ3n) is 3.72. The summed E-state index contributed by atoms with van der Waals surface area (Å²) in [6.07, 6.45) is 4.07. The summed E-state index contributed by atoms with van der Waals surface area (Å²) in [6.45, 7) is 8.32. The first kappa shape index (κ1) is 17.1. The maximum absolute atomic E-state index is 4.03. The van der Waals surface area contributed by atoms with E-state index in [-0.39, 0.29) is 24.8 Å². The van der Waals surface area contributed by atoms with Crippen molar-refractivity contribution in [2.24, 2.45) is 0 Å². The molecule has 1 aliphatic rings. The van der Waals surface area contributed by atoms with E-state index in [1.807, 2.05) is 6.20 Å². The van der Waals surface area contributed by atoms with Crippen molar-refractivity contribution in [1.29, 1.82) is 0 Å². The van der Waals surface area contributed by atoms with Crippen LogP contribution in [0, 0.1) is 0 Å². The fourth-order valence-electron chi connectivity index (χ4n) is 2.80. The van der Waals surface area contributed by atoms with Gasteiger partial charge in [0, 0.05) is 43.3 Å². The van der Waals surface area contributed by atoms with Gasteiger partial charge in [-0.15, -0.1) is 31.4 Å². The Hall–Kier alpha value is -1.00. The van der Waals surface area contributed by atoms with Gasteiger partial charge < -0.3 is 10.3 Å². The van der Waals surface area contributed by atoms with Crippen molar-refractivity contribution in [2.75, 3.05) is 26.2 Å². The molecule has 0 aliphatic carbocycles. The summed E-state index contributed by atoms with van der Waals surface area (Å²) in [5, 5.41) is 4.70. The van der Waals surface area contributed by atoms with Crippen LogP contribution in [0.4, 0.5) is 0 Å². The van der Waals surface area contributed by atoms with E-state index in [0.29, 0.717) is 6.04 Å². The molecule has 2 aromatic rings. The molecule has 20 heavy (non-hydrogen) atoms. The molecule has 1 saturated heterocycles. The van der Waals surface area contributed by atoms with Crippen LogP contribution in [-0.2, 0) is 0 Å². The highest BCUT2D eigenvalue weighted by Gasteiger charge is 2.20. The average molecular weight is 314 g/mol. The van der Waals surface area contributed by atoms with Gasteiger partial charge in [-0.3, -0.25) is 4.90 Å². The van der Waals surface area contributed by atoms with Gasteiger partial charge >= 0.3 is 0 Å². The first-order valence-electron chi connectivity index (χ1n) is 6.53. The number of piperazine rings is 1. The van der Waals surface area contributed by atoms with Crippen molar-refractivity contribution in [3.05, 3.63) is 48.7 Å². The number of aromatic amines is 1. The smallest absolute Gasteiger partial charge is 0.0536 e. The van der Waals surface area contributed by atoms with Gasteiger partial charge in [-0.1, -0.05) is 18.2 Å². The van der Waals surface area contributed by atoms with Crippen molar-refractivity contribution in [3.63, 3.8) is 0 Å². The van der Waals surface area contributed by atoms with Crippen LogP contribution in [0.5, 0.6) is 0 Å². The van der Waals surface area contributed by atoms with E-state index in [9.17, 15) is 0 Å². The maximum atomic E-state index is 4.03. The van der Waals surface area contributed by atoms with E-state index >= 15 is 0 Å². The molecule has 0 spiro atoms. The van der Waals surface area contributed by atoms with Crippen LogP contribution in [0.2, 0.25) is 0 Å². The molecule has 0 amide bonds. The van der Waals surface area contributed by atoms with Gasteiger partial charge in [-0.05, 0) is 17.7 Å². The van der Waals surface area contributed by atoms with Crippen LogP contribution in [-0.4, -0.2) is 36.1 Å². The minimum atomic E-state index is 0. The van der Waals surface area contributed by atoms with Gasteiger partial charge in [0.1, 0.15) is 0 Å². The molecule has 110 valence electrons. The van der Waals surface area contributed by atoms with Crippen molar-refractivity contribution in [2.45, 2.75) is 6.04 Å². The molecule has 0 saturated carbocycles. The Balaban J connectivity index is 0.000001000. The van der Waals surface area contributed by atoms with Crippen LogP contribution in [0.1, 0.15) is 11.6 Å². The Kier molecular flexibility index (Phi) is 6.56. The number of H-pyrrole nitrogens is 1. The van der Waals surface area contributed by atoms with Gasteiger partial charge in [0.05, 0.1) is 6.04 Å². The highest BCUT2D eigenvalue weighted by molar-refractivity contribution is 5.85. The molecule has 2 heterocycles. The van der Waals surface area contributed by atoms with E-state index in [2.05, 4.69) is 52.1 Å². The molecule has 3 rings (SSSR count). The number of hydrogen-bond donors (Lipinski definition) is 2. The number of halogens is 2. The summed E-state index contributed by atoms with van der Waals surface area (Å²) < 4.78 is 0. The Morgan fingerprint density at radius 3 is 2.60 bits per heavy atom. The molecule has 1 aromatic carbocycles. The molecule has 1 atom stereocenters. The molecular weight excluding hydrogens is 293 g/mol. The van der Waals surface area contributed by atoms with E-state index in [1.54, 1.807) is 0 Å². The lowest BCUT2D eigenvalue weighted by Crippen LogP contribution is -2.44. The molecule has 1 aromatic heterocycles. The number of aromatic nitrogens is 1. The minimum Gasteiger partial charge on any atom is -0.361 e. The lowest BCUT2D eigenvalue weighted by Gasteiger charge is -2.33. The van der Waals surface area contributed by atoms with E-state index in [1.165, 1.54) is 16.5 Å². The number of hydrogen-bond acceptors (Lipinski definition) is 2. The van der Waals surface area contributed by atoms with Crippen LogP contribution in [0.3, 0.4) is 0 Å².